The van der Waals surface area contributed by atoms with Gasteiger partial charge in [-0.3, -0.25) is 0 Å². The van der Waals surface area contributed by atoms with E-state index in [1.165, 1.54) is 6.07 Å². The van der Waals surface area contributed by atoms with Crippen LogP contribution >= 0.6 is 11.6 Å². The third-order valence-electron chi connectivity index (χ3n) is 2.49. The van der Waals surface area contributed by atoms with Crippen LogP contribution in [-0.2, 0) is 5.60 Å². The van der Waals surface area contributed by atoms with Crippen LogP contribution in [-0.4, -0.2) is 5.11 Å². The van der Waals surface area contributed by atoms with Gasteiger partial charge in [-0.25, -0.2) is 4.39 Å². The molecule has 1 N–H and O–H groups in total. The Morgan fingerprint density at radius 3 is 2.62 bits per heavy atom. The zero-order chi connectivity index (χ0) is 9.64. The lowest BCUT2D eigenvalue weighted by Gasteiger charge is -2.13. The molecule has 1 aliphatic carbocycles. The van der Waals surface area contributed by atoms with Crippen molar-refractivity contribution < 1.29 is 9.50 Å². The van der Waals surface area contributed by atoms with Crippen LogP contribution in [0.1, 0.15) is 24.0 Å². The Hall–Kier alpha value is -0.600. The maximum atomic E-state index is 13.5. The van der Waals surface area contributed by atoms with Crippen LogP contribution in [0.3, 0.4) is 0 Å². The Morgan fingerprint density at radius 2 is 2.08 bits per heavy atom. The Kier molecular flexibility index (Phi) is 1.86. The normalized spacial score (nSPS) is 18.8. The van der Waals surface area contributed by atoms with Crippen molar-refractivity contribution in [1.29, 1.82) is 0 Å². The summed E-state index contributed by atoms with van der Waals surface area (Å²) in [5.74, 6) is -0.471. The molecule has 0 atom stereocenters. The minimum Gasteiger partial charge on any atom is -0.385 e. The molecule has 0 aliphatic heterocycles. The van der Waals surface area contributed by atoms with Gasteiger partial charge in [-0.1, -0.05) is 17.7 Å². The highest BCUT2D eigenvalue weighted by Gasteiger charge is 2.45. The Morgan fingerprint density at radius 1 is 1.46 bits per heavy atom. The smallest absolute Gasteiger partial charge is 0.148 e. The van der Waals surface area contributed by atoms with E-state index in [0.717, 1.165) is 5.56 Å². The topological polar surface area (TPSA) is 20.2 Å². The predicted octanol–water partition coefficient (Wildman–Crippen LogP) is 2.77. The second kappa shape index (κ2) is 2.69. The third kappa shape index (κ3) is 1.34. The minimum absolute atomic E-state index is 0.0842. The van der Waals surface area contributed by atoms with Gasteiger partial charge in [-0.15, -0.1) is 0 Å². The van der Waals surface area contributed by atoms with Crippen molar-refractivity contribution in [3.63, 3.8) is 0 Å². The van der Waals surface area contributed by atoms with Gasteiger partial charge >= 0.3 is 0 Å². The van der Waals surface area contributed by atoms with Crippen molar-refractivity contribution in [3.05, 3.63) is 34.1 Å². The highest BCUT2D eigenvalue weighted by molar-refractivity contribution is 6.30. The molecule has 70 valence electrons. The molecule has 1 fully saturated rings. The fourth-order valence-electron chi connectivity index (χ4n) is 1.59. The van der Waals surface area contributed by atoms with Gasteiger partial charge in [0, 0.05) is 5.56 Å². The van der Waals surface area contributed by atoms with E-state index >= 15 is 0 Å². The van der Waals surface area contributed by atoms with E-state index in [1.807, 2.05) is 0 Å². The van der Waals surface area contributed by atoms with Gasteiger partial charge in [0.1, 0.15) is 5.82 Å². The molecule has 0 radical (unpaired) electrons. The number of halogens is 2. The van der Waals surface area contributed by atoms with Crippen LogP contribution in [0.5, 0.6) is 0 Å². The summed E-state index contributed by atoms with van der Waals surface area (Å²) in [6, 6.07) is 3.25. The highest BCUT2D eigenvalue weighted by atomic mass is 35.5. The van der Waals surface area contributed by atoms with Gasteiger partial charge in [-0.2, -0.15) is 0 Å². The van der Waals surface area contributed by atoms with Crippen molar-refractivity contribution in [2.75, 3.05) is 0 Å². The van der Waals surface area contributed by atoms with Gasteiger partial charge in [-0.05, 0) is 31.4 Å². The molecule has 0 amide bonds. The molecule has 2 rings (SSSR count). The van der Waals surface area contributed by atoms with Crippen LogP contribution in [0.15, 0.2) is 12.1 Å². The molecule has 1 aromatic rings. The van der Waals surface area contributed by atoms with E-state index in [0.29, 0.717) is 18.4 Å². The van der Waals surface area contributed by atoms with Crippen molar-refractivity contribution in [2.45, 2.75) is 25.4 Å². The SMILES string of the molecule is Cc1ccc(Cl)c(F)c1C1(O)CC1. The van der Waals surface area contributed by atoms with Crippen LogP contribution in [0.4, 0.5) is 4.39 Å². The lowest BCUT2D eigenvalue weighted by atomic mass is 10.0. The number of aryl methyl sites for hydroxylation is 1. The molecule has 3 heteroatoms. The number of benzene rings is 1. The van der Waals surface area contributed by atoms with Crippen molar-refractivity contribution in [2.24, 2.45) is 0 Å². The van der Waals surface area contributed by atoms with Crippen molar-refractivity contribution >= 4 is 11.6 Å². The molecule has 0 bridgehead atoms. The minimum atomic E-state index is -0.945. The average molecular weight is 201 g/mol. The summed E-state index contributed by atoms with van der Waals surface area (Å²) < 4.78 is 13.5. The molecule has 1 aliphatic rings. The van der Waals surface area contributed by atoms with Gasteiger partial charge in [0.05, 0.1) is 10.6 Å². The maximum absolute atomic E-state index is 13.5. The van der Waals surface area contributed by atoms with Crippen LogP contribution in [0.2, 0.25) is 5.02 Å². The molecular formula is C10H10ClFO. The Bertz CT molecular complexity index is 358. The fourth-order valence-corrected chi connectivity index (χ4v) is 1.74. The molecule has 0 heterocycles. The van der Waals surface area contributed by atoms with Crippen LogP contribution < -0.4 is 0 Å². The number of aliphatic hydroxyl groups is 1. The standard InChI is InChI=1S/C10H10ClFO/c1-6-2-3-7(11)9(12)8(6)10(13)4-5-10/h2-3,13H,4-5H2,1H3. The molecule has 0 aromatic heterocycles. The van der Waals surface area contributed by atoms with Gasteiger partial charge in [0.15, 0.2) is 0 Å². The first-order valence-corrected chi connectivity index (χ1v) is 4.60. The molecular weight excluding hydrogens is 191 g/mol. The first-order valence-electron chi connectivity index (χ1n) is 4.22. The maximum Gasteiger partial charge on any atom is 0.148 e. The highest BCUT2D eigenvalue weighted by Crippen LogP contribution is 2.48. The predicted molar refractivity (Wildman–Crippen MR) is 49.3 cm³/mol. The second-order valence-corrected chi connectivity index (χ2v) is 3.99. The van der Waals surface area contributed by atoms with E-state index in [9.17, 15) is 9.50 Å². The monoisotopic (exact) mass is 200 g/mol. The fraction of sp³-hybridized carbons (Fsp3) is 0.400. The zero-order valence-electron chi connectivity index (χ0n) is 7.27. The van der Waals surface area contributed by atoms with Crippen LogP contribution in [0, 0.1) is 12.7 Å². The summed E-state index contributed by atoms with van der Waals surface area (Å²) in [7, 11) is 0. The number of hydrogen-bond acceptors (Lipinski definition) is 1. The Labute approximate surface area is 81.1 Å². The van der Waals surface area contributed by atoms with Gasteiger partial charge in [0.25, 0.3) is 0 Å². The lowest BCUT2D eigenvalue weighted by Crippen LogP contribution is -2.10. The molecule has 1 saturated carbocycles. The molecule has 13 heavy (non-hydrogen) atoms. The summed E-state index contributed by atoms with van der Waals surface area (Å²) in [6.07, 6.45) is 1.26. The van der Waals surface area contributed by atoms with E-state index in [-0.39, 0.29) is 5.02 Å². The molecule has 0 spiro atoms. The first kappa shape index (κ1) is 8.97. The molecule has 1 aromatic carbocycles. The second-order valence-electron chi connectivity index (χ2n) is 3.58. The zero-order valence-corrected chi connectivity index (χ0v) is 8.03. The van der Waals surface area contributed by atoms with Gasteiger partial charge in [0.2, 0.25) is 0 Å². The average Bonchev–Trinajstić information content (AvgIpc) is 2.78. The quantitative estimate of drug-likeness (QED) is 0.739. The Balaban J connectivity index is 2.61. The first-order chi connectivity index (χ1) is 6.04. The lowest BCUT2D eigenvalue weighted by molar-refractivity contribution is 0.146. The summed E-state index contributed by atoms with van der Waals surface area (Å²) in [4.78, 5) is 0. The molecule has 0 unspecified atom stereocenters. The number of rotatable bonds is 1. The summed E-state index contributed by atoms with van der Waals surface area (Å²) in [5.41, 5.74) is 0.195. The molecule has 1 nitrogen and oxygen atoms in total. The van der Waals surface area contributed by atoms with Crippen molar-refractivity contribution in [1.82, 2.24) is 0 Å². The summed E-state index contributed by atoms with van der Waals surface area (Å²) >= 11 is 5.63. The van der Waals surface area contributed by atoms with E-state index in [4.69, 9.17) is 11.6 Å². The molecule has 0 saturated heterocycles. The van der Waals surface area contributed by atoms with Crippen LogP contribution in [0.25, 0.3) is 0 Å². The summed E-state index contributed by atoms with van der Waals surface area (Å²) in [5, 5.41) is 9.87. The number of hydrogen-bond donors (Lipinski definition) is 1. The van der Waals surface area contributed by atoms with Gasteiger partial charge < -0.3 is 5.11 Å². The van der Waals surface area contributed by atoms with E-state index in [1.54, 1.807) is 13.0 Å². The third-order valence-corrected chi connectivity index (χ3v) is 2.78. The van der Waals surface area contributed by atoms with E-state index < -0.39 is 11.4 Å². The summed E-state index contributed by atoms with van der Waals surface area (Å²) in [6.45, 7) is 1.78. The van der Waals surface area contributed by atoms with E-state index in [2.05, 4.69) is 0 Å². The largest absolute Gasteiger partial charge is 0.385 e. The van der Waals surface area contributed by atoms with Crippen molar-refractivity contribution in [3.8, 4) is 0 Å².